The molecule has 0 spiro atoms. The lowest BCUT2D eigenvalue weighted by molar-refractivity contribution is -0.129. The van der Waals surface area contributed by atoms with Crippen LogP contribution >= 0.6 is 0 Å². The molecule has 0 aliphatic carbocycles. The van der Waals surface area contributed by atoms with E-state index in [9.17, 15) is 4.79 Å². The molecule has 2 unspecified atom stereocenters. The van der Waals surface area contributed by atoms with Gasteiger partial charge in [0.1, 0.15) is 6.10 Å². The molecule has 0 amide bonds. The Morgan fingerprint density at radius 2 is 1.83 bits per heavy atom. The normalized spacial score (nSPS) is 16.2. The Labute approximate surface area is 75.3 Å². The van der Waals surface area contributed by atoms with Gasteiger partial charge in [0.05, 0.1) is 0 Å². The predicted molar refractivity (Wildman–Crippen MR) is 50.1 cm³/mol. The minimum Gasteiger partial charge on any atom is -0.373 e. The van der Waals surface area contributed by atoms with Gasteiger partial charge in [0.2, 0.25) is 0 Å². The molecule has 2 atom stereocenters. The lowest BCUT2D eigenvalue weighted by Gasteiger charge is -2.21. The van der Waals surface area contributed by atoms with Gasteiger partial charge in [-0.05, 0) is 25.2 Å². The first-order chi connectivity index (χ1) is 5.49. The summed E-state index contributed by atoms with van der Waals surface area (Å²) in [7, 11) is 1.60. The first-order valence-corrected chi connectivity index (χ1v) is 4.52. The van der Waals surface area contributed by atoms with Crippen molar-refractivity contribution < 1.29 is 9.53 Å². The molecule has 0 fully saturated rings. The van der Waals surface area contributed by atoms with Gasteiger partial charge in [-0.2, -0.15) is 0 Å². The molecule has 0 rings (SSSR count). The second-order valence-electron chi connectivity index (χ2n) is 3.87. The molecule has 0 bridgehead atoms. The maximum Gasteiger partial charge on any atom is 0.158 e. The topological polar surface area (TPSA) is 26.3 Å². The molecule has 0 aromatic rings. The van der Waals surface area contributed by atoms with Gasteiger partial charge in [0.25, 0.3) is 0 Å². The summed E-state index contributed by atoms with van der Waals surface area (Å²) in [6.45, 7) is 7.97. The first kappa shape index (κ1) is 11.6. The zero-order chi connectivity index (χ0) is 9.72. The van der Waals surface area contributed by atoms with Crippen LogP contribution in [-0.4, -0.2) is 19.0 Å². The molecular weight excluding hydrogens is 152 g/mol. The lowest BCUT2D eigenvalue weighted by Crippen LogP contribution is -2.28. The quantitative estimate of drug-likeness (QED) is 0.636. The van der Waals surface area contributed by atoms with Gasteiger partial charge < -0.3 is 4.74 Å². The molecular formula is C10H20O2. The number of ether oxygens (including phenoxy) is 1. The van der Waals surface area contributed by atoms with Crippen molar-refractivity contribution in [2.24, 2.45) is 11.8 Å². The number of rotatable bonds is 5. The van der Waals surface area contributed by atoms with Gasteiger partial charge in [-0.25, -0.2) is 0 Å². The van der Waals surface area contributed by atoms with E-state index in [0.717, 1.165) is 6.42 Å². The molecule has 0 aromatic carbocycles. The number of hydrogen-bond donors (Lipinski definition) is 0. The standard InChI is InChI=1S/C10H20O2/c1-7(2)6-8(3)10(12-5)9(4)11/h7-8,10H,6H2,1-5H3. The Hall–Kier alpha value is -0.370. The first-order valence-electron chi connectivity index (χ1n) is 4.52. The van der Waals surface area contributed by atoms with Crippen LogP contribution in [0.5, 0.6) is 0 Å². The highest BCUT2D eigenvalue weighted by Gasteiger charge is 2.21. The number of carbonyl (C=O) groups excluding carboxylic acids is 1. The molecule has 0 radical (unpaired) electrons. The summed E-state index contributed by atoms with van der Waals surface area (Å²) in [5.74, 6) is 1.08. The number of carbonyl (C=O) groups is 1. The van der Waals surface area contributed by atoms with Gasteiger partial charge in [-0.15, -0.1) is 0 Å². The van der Waals surface area contributed by atoms with Crippen LogP contribution in [0.4, 0.5) is 0 Å². The Bertz CT molecular complexity index is 141. The van der Waals surface area contributed by atoms with E-state index in [1.165, 1.54) is 0 Å². The van der Waals surface area contributed by atoms with Crippen LogP contribution in [0.3, 0.4) is 0 Å². The second kappa shape index (κ2) is 5.31. The fraction of sp³-hybridized carbons (Fsp3) is 0.900. The van der Waals surface area contributed by atoms with Crippen LogP contribution in [-0.2, 0) is 9.53 Å². The minimum absolute atomic E-state index is 0.130. The molecule has 2 heteroatoms. The highest BCUT2D eigenvalue weighted by Crippen LogP contribution is 2.17. The van der Waals surface area contributed by atoms with Crippen LogP contribution in [0.15, 0.2) is 0 Å². The largest absolute Gasteiger partial charge is 0.373 e. The summed E-state index contributed by atoms with van der Waals surface area (Å²) in [6.07, 6.45) is 0.824. The van der Waals surface area contributed by atoms with E-state index in [0.29, 0.717) is 11.8 Å². The van der Waals surface area contributed by atoms with E-state index in [-0.39, 0.29) is 11.9 Å². The molecule has 12 heavy (non-hydrogen) atoms. The van der Waals surface area contributed by atoms with E-state index in [1.807, 2.05) is 0 Å². The van der Waals surface area contributed by atoms with E-state index in [4.69, 9.17) is 4.74 Å². The summed E-state index contributed by atoms with van der Waals surface area (Å²) < 4.78 is 5.12. The summed E-state index contributed by atoms with van der Waals surface area (Å²) in [5, 5.41) is 0. The van der Waals surface area contributed by atoms with Crippen LogP contribution in [0, 0.1) is 11.8 Å². The third-order valence-corrected chi connectivity index (χ3v) is 2.01. The fourth-order valence-corrected chi connectivity index (χ4v) is 1.67. The summed E-state index contributed by atoms with van der Waals surface area (Å²) in [6, 6.07) is 0. The molecule has 0 aliphatic rings. The van der Waals surface area contributed by atoms with Gasteiger partial charge in [0, 0.05) is 7.11 Å². The molecule has 0 saturated heterocycles. The molecule has 0 N–H and O–H groups in total. The summed E-state index contributed by atoms with van der Waals surface area (Å²) in [5.41, 5.74) is 0. The number of Topliss-reactive ketones (excluding diaryl/α,β-unsaturated/α-hetero) is 1. The zero-order valence-electron chi connectivity index (χ0n) is 8.76. The van der Waals surface area contributed by atoms with Crippen molar-refractivity contribution in [3.8, 4) is 0 Å². The van der Waals surface area contributed by atoms with Gasteiger partial charge in [-0.1, -0.05) is 20.8 Å². The van der Waals surface area contributed by atoms with Gasteiger partial charge in [0.15, 0.2) is 5.78 Å². The Morgan fingerprint density at radius 1 is 1.33 bits per heavy atom. The molecule has 0 heterocycles. The Morgan fingerprint density at radius 3 is 2.08 bits per heavy atom. The average Bonchev–Trinajstić information content (AvgIpc) is 1.85. The molecule has 0 saturated carbocycles. The van der Waals surface area contributed by atoms with Crippen molar-refractivity contribution in [1.29, 1.82) is 0 Å². The van der Waals surface area contributed by atoms with Gasteiger partial charge >= 0.3 is 0 Å². The lowest BCUT2D eigenvalue weighted by atomic mass is 9.92. The third kappa shape index (κ3) is 3.86. The monoisotopic (exact) mass is 172 g/mol. The molecule has 72 valence electrons. The second-order valence-corrected chi connectivity index (χ2v) is 3.87. The van der Waals surface area contributed by atoms with Crippen molar-refractivity contribution in [2.45, 2.75) is 40.2 Å². The maximum absolute atomic E-state index is 11.1. The number of methoxy groups -OCH3 is 1. The SMILES string of the molecule is COC(C(C)=O)C(C)CC(C)C. The van der Waals surface area contributed by atoms with Crippen LogP contribution in [0.25, 0.3) is 0 Å². The Kier molecular flexibility index (Phi) is 5.14. The zero-order valence-corrected chi connectivity index (χ0v) is 8.76. The molecule has 0 aliphatic heterocycles. The van der Waals surface area contributed by atoms with Crippen molar-refractivity contribution in [1.82, 2.24) is 0 Å². The van der Waals surface area contributed by atoms with E-state index < -0.39 is 0 Å². The van der Waals surface area contributed by atoms with Crippen molar-refractivity contribution in [3.05, 3.63) is 0 Å². The smallest absolute Gasteiger partial charge is 0.158 e. The minimum atomic E-state index is -0.215. The van der Waals surface area contributed by atoms with Gasteiger partial charge in [-0.3, -0.25) is 4.79 Å². The number of hydrogen-bond acceptors (Lipinski definition) is 2. The Balaban J connectivity index is 4.02. The average molecular weight is 172 g/mol. The highest BCUT2D eigenvalue weighted by atomic mass is 16.5. The molecule has 0 aromatic heterocycles. The molecule has 2 nitrogen and oxygen atoms in total. The highest BCUT2D eigenvalue weighted by molar-refractivity contribution is 5.80. The van der Waals surface area contributed by atoms with Crippen LogP contribution in [0.1, 0.15) is 34.1 Å². The predicted octanol–water partition coefficient (Wildman–Crippen LogP) is 2.27. The fourth-order valence-electron chi connectivity index (χ4n) is 1.67. The van der Waals surface area contributed by atoms with E-state index in [2.05, 4.69) is 20.8 Å². The van der Waals surface area contributed by atoms with E-state index >= 15 is 0 Å². The third-order valence-electron chi connectivity index (χ3n) is 2.01. The van der Waals surface area contributed by atoms with Crippen molar-refractivity contribution >= 4 is 5.78 Å². The van der Waals surface area contributed by atoms with Crippen molar-refractivity contribution in [2.75, 3.05) is 7.11 Å². The van der Waals surface area contributed by atoms with Crippen LogP contribution < -0.4 is 0 Å². The maximum atomic E-state index is 11.1. The van der Waals surface area contributed by atoms with Crippen LogP contribution in [0.2, 0.25) is 0 Å². The summed E-state index contributed by atoms with van der Waals surface area (Å²) >= 11 is 0. The number of ketones is 1. The van der Waals surface area contributed by atoms with Crippen molar-refractivity contribution in [3.63, 3.8) is 0 Å². The van der Waals surface area contributed by atoms with E-state index in [1.54, 1.807) is 14.0 Å². The summed E-state index contributed by atoms with van der Waals surface area (Å²) in [4.78, 5) is 11.1.